The van der Waals surface area contributed by atoms with E-state index in [9.17, 15) is 0 Å². The molecule has 0 aliphatic heterocycles. The summed E-state index contributed by atoms with van der Waals surface area (Å²) in [6.07, 6.45) is 7.94. The summed E-state index contributed by atoms with van der Waals surface area (Å²) in [5.74, 6) is 2.24. The molecule has 4 nitrogen and oxygen atoms in total. The molecule has 0 fully saturated rings. The van der Waals surface area contributed by atoms with Crippen LogP contribution in [0.15, 0.2) is 24.9 Å². The van der Waals surface area contributed by atoms with E-state index in [-0.39, 0.29) is 0 Å². The van der Waals surface area contributed by atoms with Gasteiger partial charge in [-0.25, -0.2) is 9.97 Å². The lowest BCUT2D eigenvalue weighted by molar-refractivity contribution is 0.550. The normalized spacial score (nSPS) is 11.5. The molecule has 2 rings (SSSR count). The predicted octanol–water partition coefficient (Wildman–Crippen LogP) is 5.17. The number of aromatic nitrogens is 4. The zero-order chi connectivity index (χ0) is 16.9. The van der Waals surface area contributed by atoms with Crippen molar-refractivity contribution in [2.45, 2.75) is 79.3 Å². The smallest absolute Gasteiger partial charge is 0.111 e. The predicted molar refractivity (Wildman–Crippen MR) is 93.4 cm³/mol. The van der Waals surface area contributed by atoms with Crippen LogP contribution in [0.25, 0.3) is 0 Å². The molecule has 0 spiro atoms. The molecule has 0 bridgehead atoms. The molecule has 0 saturated carbocycles. The molecule has 0 saturated heterocycles. The van der Waals surface area contributed by atoms with E-state index < -0.39 is 0 Å². The van der Waals surface area contributed by atoms with Gasteiger partial charge in [-0.05, 0) is 33.6 Å². The summed E-state index contributed by atoms with van der Waals surface area (Å²) in [6, 6.07) is 1.05. The van der Waals surface area contributed by atoms with E-state index in [1.807, 2.05) is 18.7 Å². The highest BCUT2D eigenvalue weighted by Crippen LogP contribution is 2.16. The molecule has 0 aliphatic rings. The van der Waals surface area contributed by atoms with Gasteiger partial charge in [-0.2, -0.15) is 0 Å². The van der Waals surface area contributed by atoms with Crippen molar-refractivity contribution in [1.82, 2.24) is 19.1 Å². The summed E-state index contributed by atoms with van der Waals surface area (Å²) in [5.41, 5.74) is 1.18. The number of nitrogens with zero attached hydrogens (tertiary/aromatic N) is 4. The quantitative estimate of drug-likeness (QED) is 0.780. The lowest BCUT2D eigenvalue weighted by Crippen LogP contribution is -2.06. The highest BCUT2D eigenvalue weighted by atomic mass is 15.1. The van der Waals surface area contributed by atoms with E-state index >= 15 is 0 Å². The van der Waals surface area contributed by atoms with Gasteiger partial charge in [0, 0.05) is 36.6 Å². The van der Waals surface area contributed by atoms with Gasteiger partial charge in [0.15, 0.2) is 0 Å². The van der Waals surface area contributed by atoms with Gasteiger partial charge in [0.25, 0.3) is 0 Å². The molecule has 124 valence electrons. The Morgan fingerprint density at radius 3 is 1.77 bits per heavy atom. The lowest BCUT2D eigenvalue weighted by Gasteiger charge is -2.13. The van der Waals surface area contributed by atoms with Crippen LogP contribution in [0.5, 0.6) is 0 Å². The first-order valence-electron chi connectivity index (χ1n) is 8.30. The topological polar surface area (TPSA) is 35.6 Å². The molecule has 0 aromatic carbocycles. The molecule has 0 amide bonds. The van der Waals surface area contributed by atoms with Crippen LogP contribution in [-0.4, -0.2) is 19.1 Å². The first-order chi connectivity index (χ1) is 10.2. The van der Waals surface area contributed by atoms with Crippen LogP contribution in [-0.2, 0) is 0 Å². The van der Waals surface area contributed by atoms with Crippen LogP contribution in [0.4, 0.5) is 0 Å². The highest BCUT2D eigenvalue weighted by molar-refractivity contribution is 5.02. The first-order valence-corrected chi connectivity index (χ1v) is 8.30. The Morgan fingerprint density at radius 2 is 1.45 bits per heavy atom. The Balaban J connectivity index is 0.000000220. The Hall–Kier alpha value is -1.58. The largest absolute Gasteiger partial charge is 0.335 e. The maximum Gasteiger partial charge on any atom is 0.111 e. The molecule has 2 aromatic heterocycles. The van der Waals surface area contributed by atoms with Crippen molar-refractivity contribution in [3.63, 3.8) is 0 Å². The molecule has 0 radical (unpaired) electrons. The fraction of sp³-hybridized carbons (Fsp3) is 0.667. The second kappa shape index (κ2) is 8.16. The second-order valence-corrected chi connectivity index (χ2v) is 6.94. The van der Waals surface area contributed by atoms with E-state index in [2.05, 4.69) is 80.7 Å². The van der Waals surface area contributed by atoms with Gasteiger partial charge in [0.2, 0.25) is 0 Å². The summed E-state index contributed by atoms with van der Waals surface area (Å²) in [7, 11) is 0. The summed E-state index contributed by atoms with van der Waals surface area (Å²) < 4.78 is 4.35. The van der Waals surface area contributed by atoms with Crippen LogP contribution < -0.4 is 0 Å². The minimum atomic E-state index is 0.521. The van der Waals surface area contributed by atoms with Gasteiger partial charge < -0.3 is 9.13 Å². The van der Waals surface area contributed by atoms with Gasteiger partial charge in [-0.15, -0.1) is 0 Å². The van der Waals surface area contributed by atoms with Crippen molar-refractivity contribution in [1.29, 1.82) is 0 Å². The zero-order valence-electron chi connectivity index (χ0n) is 15.4. The Labute approximate surface area is 135 Å². The minimum Gasteiger partial charge on any atom is -0.335 e. The lowest BCUT2D eigenvalue weighted by atomic mass is 10.2. The molecular formula is C18H32N4. The van der Waals surface area contributed by atoms with Gasteiger partial charge in [0.05, 0.1) is 12.0 Å². The minimum absolute atomic E-state index is 0.521. The SMILES string of the molecule is CC(C)c1cn(C(C)C)cn1.CC(C)c1nccn1C(C)C. The van der Waals surface area contributed by atoms with Gasteiger partial charge in [-0.3, -0.25) is 0 Å². The van der Waals surface area contributed by atoms with Crippen molar-refractivity contribution < 1.29 is 0 Å². The van der Waals surface area contributed by atoms with Crippen molar-refractivity contribution in [3.05, 3.63) is 36.4 Å². The molecule has 0 unspecified atom stereocenters. The molecule has 0 aliphatic carbocycles. The maximum absolute atomic E-state index is 4.30. The number of rotatable bonds is 4. The number of imidazole rings is 2. The van der Waals surface area contributed by atoms with E-state index in [0.29, 0.717) is 23.9 Å². The van der Waals surface area contributed by atoms with Crippen LogP contribution in [0.1, 0.15) is 90.8 Å². The second-order valence-electron chi connectivity index (χ2n) is 6.94. The van der Waals surface area contributed by atoms with Crippen molar-refractivity contribution in [2.24, 2.45) is 0 Å². The molecular weight excluding hydrogens is 272 g/mol. The summed E-state index contributed by atoms with van der Waals surface area (Å²) >= 11 is 0. The first kappa shape index (κ1) is 18.5. The van der Waals surface area contributed by atoms with Crippen molar-refractivity contribution in [3.8, 4) is 0 Å². The van der Waals surface area contributed by atoms with Gasteiger partial charge in [0.1, 0.15) is 5.82 Å². The zero-order valence-corrected chi connectivity index (χ0v) is 15.4. The fourth-order valence-corrected chi connectivity index (χ4v) is 2.14. The van der Waals surface area contributed by atoms with Crippen LogP contribution in [0.3, 0.4) is 0 Å². The molecule has 0 N–H and O–H groups in total. The van der Waals surface area contributed by atoms with Crippen LogP contribution in [0, 0.1) is 0 Å². The average Bonchev–Trinajstić information content (AvgIpc) is 3.09. The fourth-order valence-electron chi connectivity index (χ4n) is 2.14. The average molecular weight is 304 g/mol. The van der Waals surface area contributed by atoms with E-state index in [4.69, 9.17) is 0 Å². The number of hydrogen-bond donors (Lipinski definition) is 0. The molecule has 0 atom stereocenters. The summed E-state index contributed by atoms with van der Waals surface area (Å²) in [5, 5.41) is 0. The van der Waals surface area contributed by atoms with Crippen molar-refractivity contribution in [2.75, 3.05) is 0 Å². The van der Waals surface area contributed by atoms with Gasteiger partial charge >= 0.3 is 0 Å². The number of hydrogen-bond acceptors (Lipinski definition) is 2. The molecule has 2 heterocycles. The van der Waals surface area contributed by atoms with Crippen LogP contribution in [0.2, 0.25) is 0 Å². The highest BCUT2D eigenvalue weighted by Gasteiger charge is 2.08. The molecule has 4 heteroatoms. The Bertz CT molecular complexity index is 502. The Kier molecular flexibility index (Phi) is 6.85. The third kappa shape index (κ3) is 5.00. The van der Waals surface area contributed by atoms with Crippen molar-refractivity contribution >= 4 is 0 Å². The third-order valence-electron chi connectivity index (χ3n) is 3.58. The van der Waals surface area contributed by atoms with E-state index in [1.54, 1.807) is 0 Å². The third-order valence-corrected chi connectivity index (χ3v) is 3.58. The molecule has 2 aromatic rings. The van der Waals surface area contributed by atoms with Crippen LogP contribution >= 0.6 is 0 Å². The monoisotopic (exact) mass is 304 g/mol. The van der Waals surface area contributed by atoms with Gasteiger partial charge in [-0.1, -0.05) is 27.7 Å². The van der Waals surface area contributed by atoms with E-state index in [1.165, 1.54) is 11.5 Å². The standard InChI is InChI=1S/2C9H16N2/c1-7(2)9-5-11(6-10-9)8(3)4;1-7(2)9-10-5-6-11(9)8(3)4/h2*5-8H,1-4H3. The maximum atomic E-state index is 4.30. The summed E-state index contributed by atoms with van der Waals surface area (Å²) in [4.78, 5) is 8.60. The molecule has 22 heavy (non-hydrogen) atoms. The summed E-state index contributed by atoms with van der Waals surface area (Å²) in [6.45, 7) is 17.3. The Morgan fingerprint density at radius 1 is 0.818 bits per heavy atom. The van der Waals surface area contributed by atoms with E-state index in [0.717, 1.165) is 0 Å².